The van der Waals surface area contributed by atoms with Crippen LogP contribution in [-0.2, 0) is 4.79 Å². The average Bonchev–Trinajstić information content (AvgIpc) is 3.35. The van der Waals surface area contributed by atoms with E-state index in [9.17, 15) is 14.9 Å². The Morgan fingerprint density at radius 2 is 1.89 bits per heavy atom. The van der Waals surface area contributed by atoms with Crippen LogP contribution in [-0.4, -0.2) is 70.1 Å². The van der Waals surface area contributed by atoms with E-state index in [0.717, 1.165) is 36.6 Å². The highest BCUT2D eigenvalue weighted by Gasteiger charge is 2.36. The van der Waals surface area contributed by atoms with Crippen LogP contribution in [0.5, 0.6) is 0 Å². The molecule has 0 unspecified atom stereocenters. The molecule has 0 spiro atoms. The van der Waals surface area contributed by atoms with Gasteiger partial charge in [-0.1, -0.05) is 18.2 Å². The Morgan fingerprint density at radius 3 is 2.61 bits per heavy atom. The molecule has 8 heteroatoms. The summed E-state index contributed by atoms with van der Waals surface area (Å²) in [7, 11) is 0. The van der Waals surface area contributed by atoms with E-state index in [2.05, 4.69) is 21.6 Å². The molecule has 1 aliphatic heterocycles. The van der Waals surface area contributed by atoms with Crippen molar-refractivity contribution in [2.45, 2.75) is 31.2 Å². The SMILES string of the molecule is N#CC1(NC(=O)CN2CCN(C(=O)c3n[nH]c4ccccc34)CC2)CCCC1. The van der Waals surface area contributed by atoms with Gasteiger partial charge in [0, 0.05) is 31.6 Å². The Kier molecular flexibility index (Phi) is 5.01. The van der Waals surface area contributed by atoms with Crippen LogP contribution in [0.25, 0.3) is 10.9 Å². The summed E-state index contributed by atoms with van der Waals surface area (Å²) in [5.41, 5.74) is 0.606. The Labute approximate surface area is 163 Å². The van der Waals surface area contributed by atoms with Crippen molar-refractivity contribution < 1.29 is 9.59 Å². The molecule has 0 atom stereocenters. The zero-order chi connectivity index (χ0) is 19.6. The van der Waals surface area contributed by atoms with Crippen molar-refractivity contribution in [3.63, 3.8) is 0 Å². The molecule has 2 fully saturated rings. The van der Waals surface area contributed by atoms with E-state index in [1.165, 1.54) is 0 Å². The maximum absolute atomic E-state index is 12.8. The van der Waals surface area contributed by atoms with Gasteiger partial charge in [0.05, 0.1) is 18.1 Å². The highest BCUT2D eigenvalue weighted by atomic mass is 16.2. The van der Waals surface area contributed by atoms with Gasteiger partial charge in [-0.05, 0) is 31.7 Å². The minimum atomic E-state index is -0.685. The van der Waals surface area contributed by atoms with Crippen LogP contribution < -0.4 is 5.32 Å². The summed E-state index contributed by atoms with van der Waals surface area (Å²) >= 11 is 0. The zero-order valence-electron chi connectivity index (χ0n) is 15.8. The van der Waals surface area contributed by atoms with Gasteiger partial charge in [-0.2, -0.15) is 10.4 Å². The Hall–Kier alpha value is -2.92. The van der Waals surface area contributed by atoms with Gasteiger partial charge >= 0.3 is 0 Å². The number of hydrogen-bond donors (Lipinski definition) is 2. The average molecular weight is 380 g/mol. The Morgan fingerprint density at radius 1 is 1.18 bits per heavy atom. The monoisotopic (exact) mass is 380 g/mol. The minimum Gasteiger partial charge on any atom is -0.337 e. The van der Waals surface area contributed by atoms with Gasteiger partial charge in [-0.3, -0.25) is 19.6 Å². The summed E-state index contributed by atoms with van der Waals surface area (Å²) in [5, 5.41) is 20.2. The number of amides is 2. The number of nitrogens with zero attached hydrogens (tertiary/aromatic N) is 4. The lowest BCUT2D eigenvalue weighted by Crippen LogP contribution is -2.53. The second kappa shape index (κ2) is 7.60. The van der Waals surface area contributed by atoms with Crippen LogP contribution in [0, 0.1) is 11.3 Å². The molecule has 1 aromatic carbocycles. The number of para-hydroxylation sites is 1. The predicted octanol–water partition coefficient (Wildman–Crippen LogP) is 1.27. The first kappa shape index (κ1) is 18.4. The number of rotatable bonds is 4. The maximum atomic E-state index is 12.8. The molecule has 0 bridgehead atoms. The Balaban J connectivity index is 1.31. The summed E-state index contributed by atoms with van der Waals surface area (Å²) in [6.07, 6.45) is 3.43. The predicted molar refractivity (Wildman–Crippen MR) is 103 cm³/mol. The van der Waals surface area contributed by atoms with Crippen molar-refractivity contribution in [2.75, 3.05) is 32.7 Å². The molecule has 0 radical (unpaired) electrons. The summed E-state index contributed by atoms with van der Waals surface area (Å²) in [4.78, 5) is 29.0. The second-order valence-electron chi connectivity index (χ2n) is 7.64. The molecule has 2 amide bonds. The third-order valence-electron chi connectivity index (χ3n) is 5.75. The van der Waals surface area contributed by atoms with E-state index in [-0.39, 0.29) is 18.4 Å². The lowest BCUT2D eigenvalue weighted by atomic mass is 10.00. The third kappa shape index (κ3) is 3.58. The summed E-state index contributed by atoms with van der Waals surface area (Å²) in [6, 6.07) is 9.87. The number of aromatic nitrogens is 2. The maximum Gasteiger partial charge on any atom is 0.275 e. The number of nitrogens with one attached hydrogen (secondary N) is 2. The second-order valence-corrected chi connectivity index (χ2v) is 7.64. The third-order valence-corrected chi connectivity index (χ3v) is 5.75. The number of nitriles is 1. The lowest BCUT2D eigenvalue weighted by Gasteiger charge is -2.34. The number of carbonyl (C=O) groups is 2. The smallest absolute Gasteiger partial charge is 0.275 e. The van der Waals surface area contributed by atoms with Crippen LogP contribution in [0.4, 0.5) is 0 Å². The number of piperazine rings is 1. The molecule has 2 aliphatic rings. The molecule has 28 heavy (non-hydrogen) atoms. The number of aromatic amines is 1. The molecular weight excluding hydrogens is 356 g/mol. The standard InChI is InChI=1S/C20H24N6O2/c21-14-20(7-3-4-8-20)22-17(27)13-25-9-11-26(12-10-25)19(28)18-15-5-1-2-6-16(15)23-24-18/h1-2,5-6H,3-4,7-13H2,(H,22,27)(H,23,24). The number of benzene rings is 1. The van der Waals surface area contributed by atoms with E-state index in [1.54, 1.807) is 4.90 Å². The van der Waals surface area contributed by atoms with Gasteiger partial charge in [-0.15, -0.1) is 0 Å². The Bertz CT molecular complexity index is 916. The van der Waals surface area contributed by atoms with E-state index < -0.39 is 5.54 Å². The molecule has 1 aliphatic carbocycles. The van der Waals surface area contributed by atoms with Gasteiger partial charge in [0.1, 0.15) is 5.54 Å². The van der Waals surface area contributed by atoms with Crippen molar-refractivity contribution in [1.29, 1.82) is 5.26 Å². The van der Waals surface area contributed by atoms with E-state index >= 15 is 0 Å². The van der Waals surface area contributed by atoms with Crippen LogP contribution in [0.1, 0.15) is 36.2 Å². The van der Waals surface area contributed by atoms with Crippen molar-refractivity contribution >= 4 is 22.7 Å². The molecule has 1 saturated heterocycles. The molecule has 2 heterocycles. The van der Waals surface area contributed by atoms with Crippen LogP contribution in [0.3, 0.4) is 0 Å². The molecule has 1 aromatic heterocycles. The first-order chi connectivity index (χ1) is 13.6. The molecule has 8 nitrogen and oxygen atoms in total. The van der Waals surface area contributed by atoms with Gasteiger partial charge in [0.15, 0.2) is 5.69 Å². The molecule has 146 valence electrons. The van der Waals surface area contributed by atoms with Gasteiger partial charge < -0.3 is 10.2 Å². The summed E-state index contributed by atoms with van der Waals surface area (Å²) < 4.78 is 0. The topological polar surface area (TPSA) is 105 Å². The van der Waals surface area contributed by atoms with Crippen molar-refractivity contribution in [3.05, 3.63) is 30.0 Å². The van der Waals surface area contributed by atoms with Gasteiger partial charge in [-0.25, -0.2) is 0 Å². The van der Waals surface area contributed by atoms with E-state index in [1.807, 2.05) is 29.2 Å². The number of carbonyl (C=O) groups excluding carboxylic acids is 2. The largest absolute Gasteiger partial charge is 0.337 e. The molecule has 1 saturated carbocycles. The lowest BCUT2D eigenvalue weighted by molar-refractivity contribution is -0.123. The number of fused-ring (bicyclic) bond motifs is 1. The van der Waals surface area contributed by atoms with Gasteiger partial charge in [0.25, 0.3) is 5.91 Å². The quantitative estimate of drug-likeness (QED) is 0.831. The van der Waals surface area contributed by atoms with Gasteiger partial charge in [0.2, 0.25) is 5.91 Å². The highest BCUT2D eigenvalue weighted by Crippen LogP contribution is 2.28. The number of H-pyrrole nitrogens is 1. The van der Waals surface area contributed by atoms with E-state index in [4.69, 9.17) is 0 Å². The van der Waals surface area contributed by atoms with Crippen LogP contribution in [0.2, 0.25) is 0 Å². The number of hydrogen-bond acceptors (Lipinski definition) is 5. The van der Waals surface area contributed by atoms with Crippen LogP contribution >= 0.6 is 0 Å². The fourth-order valence-corrected chi connectivity index (χ4v) is 4.14. The van der Waals surface area contributed by atoms with Crippen molar-refractivity contribution in [1.82, 2.24) is 25.3 Å². The van der Waals surface area contributed by atoms with Crippen LogP contribution in [0.15, 0.2) is 24.3 Å². The summed E-state index contributed by atoms with van der Waals surface area (Å²) in [6.45, 7) is 2.62. The van der Waals surface area contributed by atoms with E-state index in [0.29, 0.717) is 31.9 Å². The minimum absolute atomic E-state index is 0.0871. The zero-order valence-corrected chi connectivity index (χ0v) is 15.8. The fraction of sp³-hybridized carbons (Fsp3) is 0.500. The summed E-state index contributed by atoms with van der Waals surface area (Å²) in [5.74, 6) is -0.197. The first-order valence-electron chi connectivity index (χ1n) is 9.77. The normalized spacial score (nSPS) is 19.5. The molecular formula is C20H24N6O2. The van der Waals surface area contributed by atoms with Crippen molar-refractivity contribution in [3.8, 4) is 6.07 Å². The fourth-order valence-electron chi connectivity index (χ4n) is 4.14. The van der Waals surface area contributed by atoms with Crippen molar-refractivity contribution in [2.24, 2.45) is 0 Å². The first-order valence-corrected chi connectivity index (χ1v) is 9.77. The highest BCUT2D eigenvalue weighted by molar-refractivity contribution is 6.04. The molecule has 2 N–H and O–H groups in total. The molecule has 4 rings (SSSR count). The molecule has 2 aromatic rings.